The van der Waals surface area contributed by atoms with Crippen LogP contribution in [0.15, 0.2) is 23.5 Å². The van der Waals surface area contributed by atoms with Crippen LogP contribution in [0.1, 0.15) is 38.7 Å². The van der Waals surface area contributed by atoms with Crippen LogP contribution >= 0.6 is 0 Å². The van der Waals surface area contributed by atoms with E-state index in [1.807, 2.05) is 12.1 Å². The number of carbonyl (C=O) groups excluding carboxylic acids is 1. The van der Waals surface area contributed by atoms with Gasteiger partial charge in [-0.3, -0.25) is 0 Å². The van der Waals surface area contributed by atoms with Gasteiger partial charge in [0.2, 0.25) is 0 Å². The molecule has 2 aliphatic rings. The highest BCUT2D eigenvalue weighted by Gasteiger charge is 2.51. The van der Waals surface area contributed by atoms with Crippen LogP contribution in [0, 0.1) is 11.8 Å². The van der Waals surface area contributed by atoms with Crippen molar-refractivity contribution in [2.75, 3.05) is 34.7 Å². The summed E-state index contributed by atoms with van der Waals surface area (Å²) < 4.78 is 33.7. The van der Waals surface area contributed by atoms with E-state index in [4.69, 9.17) is 28.4 Å². The molecule has 29 heavy (non-hydrogen) atoms. The maximum atomic E-state index is 12.7. The van der Waals surface area contributed by atoms with Gasteiger partial charge in [0.15, 0.2) is 18.7 Å². The number of methoxy groups -OCH3 is 3. The van der Waals surface area contributed by atoms with Crippen molar-refractivity contribution in [2.24, 2.45) is 11.8 Å². The molecular formula is C22H30O7. The number of benzene rings is 1. The molecule has 3 atom stereocenters. The molecule has 0 radical (unpaired) electrons. The zero-order valence-corrected chi connectivity index (χ0v) is 17.9. The van der Waals surface area contributed by atoms with Gasteiger partial charge in [0.1, 0.15) is 17.2 Å². The molecule has 1 aromatic rings. The third-order valence-electron chi connectivity index (χ3n) is 5.61. The highest BCUT2D eigenvalue weighted by molar-refractivity contribution is 5.89. The van der Waals surface area contributed by atoms with E-state index in [1.165, 1.54) is 0 Å². The molecule has 160 valence electrons. The first-order valence-electron chi connectivity index (χ1n) is 9.91. The fraction of sp³-hybridized carbons (Fsp3) is 0.591. The summed E-state index contributed by atoms with van der Waals surface area (Å²) >= 11 is 0. The number of hydrogen-bond donors (Lipinski definition) is 0. The number of ether oxygens (including phenoxy) is 6. The minimum Gasteiger partial charge on any atom is -0.496 e. The summed E-state index contributed by atoms with van der Waals surface area (Å²) in [4.78, 5) is 12.7. The topological polar surface area (TPSA) is 72.5 Å². The lowest BCUT2D eigenvalue weighted by Crippen LogP contribution is -2.38. The van der Waals surface area contributed by atoms with Gasteiger partial charge in [0.05, 0.1) is 26.4 Å². The van der Waals surface area contributed by atoms with Gasteiger partial charge in [0.25, 0.3) is 0 Å². The molecule has 7 heteroatoms. The van der Waals surface area contributed by atoms with Gasteiger partial charge in [-0.15, -0.1) is 0 Å². The quantitative estimate of drug-likeness (QED) is 0.482. The lowest BCUT2D eigenvalue weighted by atomic mass is 9.69. The van der Waals surface area contributed by atoms with E-state index in [0.29, 0.717) is 47.5 Å². The maximum absolute atomic E-state index is 12.7. The molecule has 0 spiro atoms. The lowest BCUT2D eigenvalue weighted by Gasteiger charge is -2.37. The van der Waals surface area contributed by atoms with E-state index < -0.39 is 6.10 Å². The monoisotopic (exact) mass is 406 g/mol. The molecule has 1 aromatic carbocycles. The Morgan fingerprint density at radius 2 is 1.97 bits per heavy atom. The van der Waals surface area contributed by atoms with Crippen LogP contribution in [0.4, 0.5) is 0 Å². The molecule has 0 saturated heterocycles. The third kappa shape index (κ3) is 3.88. The van der Waals surface area contributed by atoms with Crippen molar-refractivity contribution in [1.29, 1.82) is 0 Å². The second-order valence-corrected chi connectivity index (χ2v) is 7.53. The van der Waals surface area contributed by atoms with Crippen molar-refractivity contribution in [3.8, 4) is 17.2 Å². The highest BCUT2D eigenvalue weighted by Crippen LogP contribution is 2.56. The van der Waals surface area contributed by atoms with Gasteiger partial charge in [-0.2, -0.15) is 0 Å². The predicted molar refractivity (Wildman–Crippen MR) is 106 cm³/mol. The minimum atomic E-state index is -0.457. The normalized spacial score (nSPS) is 22.7. The van der Waals surface area contributed by atoms with Crippen LogP contribution in [0.3, 0.4) is 0 Å². The highest BCUT2D eigenvalue weighted by atomic mass is 16.7. The summed E-state index contributed by atoms with van der Waals surface area (Å²) in [5.74, 6) is 2.59. The van der Waals surface area contributed by atoms with Crippen molar-refractivity contribution in [2.45, 2.75) is 39.2 Å². The Kier molecular flexibility index (Phi) is 6.57. The first-order chi connectivity index (χ1) is 14.0. The minimum absolute atomic E-state index is 0.0177. The molecule has 1 aliphatic heterocycles. The standard InChI is InChI=1S/C22H30O7/c1-7-27-22(23)15-10-14(12(2)3)18-19-16(26-6)8-13(25-5)9-17(19)29-21(18)20(15)28-11-24-4/h8-9,12,14,18,21H,7,10-11H2,1-6H3/t14-,18+,21-/m1/s1. The number of carbonyl (C=O) groups is 1. The Morgan fingerprint density at radius 3 is 2.55 bits per heavy atom. The Labute approximate surface area is 171 Å². The zero-order valence-electron chi connectivity index (χ0n) is 17.9. The van der Waals surface area contributed by atoms with Gasteiger partial charge in [-0.05, 0) is 25.2 Å². The van der Waals surface area contributed by atoms with Gasteiger partial charge < -0.3 is 28.4 Å². The van der Waals surface area contributed by atoms with E-state index in [9.17, 15) is 4.79 Å². The van der Waals surface area contributed by atoms with E-state index in [0.717, 1.165) is 5.56 Å². The number of esters is 1. The van der Waals surface area contributed by atoms with Crippen LogP contribution in [0.5, 0.6) is 17.2 Å². The average molecular weight is 406 g/mol. The molecule has 0 unspecified atom stereocenters. The van der Waals surface area contributed by atoms with E-state index in [2.05, 4.69) is 13.8 Å². The Hall–Kier alpha value is -2.41. The number of rotatable bonds is 8. The van der Waals surface area contributed by atoms with Crippen molar-refractivity contribution >= 4 is 5.97 Å². The molecular weight excluding hydrogens is 376 g/mol. The molecule has 1 heterocycles. The summed E-state index contributed by atoms with van der Waals surface area (Å²) in [5, 5.41) is 0. The summed E-state index contributed by atoms with van der Waals surface area (Å²) in [6.45, 7) is 6.41. The molecule has 7 nitrogen and oxygen atoms in total. The van der Waals surface area contributed by atoms with E-state index in [-0.39, 0.29) is 24.6 Å². The molecule has 0 fully saturated rings. The van der Waals surface area contributed by atoms with Gasteiger partial charge >= 0.3 is 5.97 Å². The Balaban J connectivity index is 2.14. The van der Waals surface area contributed by atoms with Gasteiger partial charge in [0, 0.05) is 30.7 Å². The van der Waals surface area contributed by atoms with Crippen molar-refractivity contribution < 1.29 is 33.2 Å². The molecule has 0 bridgehead atoms. The lowest BCUT2D eigenvalue weighted by molar-refractivity contribution is -0.140. The molecule has 3 rings (SSSR count). The third-order valence-corrected chi connectivity index (χ3v) is 5.61. The van der Waals surface area contributed by atoms with Crippen LogP contribution in [0.2, 0.25) is 0 Å². The molecule has 0 amide bonds. The van der Waals surface area contributed by atoms with Gasteiger partial charge in [-0.1, -0.05) is 13.8 Å². The van der Waals surface area contributed by atoms with Gasteiger partial charge in [-0.25, -0.2) is 4.79 Å². The van der Waals surface area contributed by atoms with E-state index >= 15 is 0 Å². The second kappa shape index (κ2) is 8.95. The number of fused-ring (bicyclic) bond motifs is 3. The first-order valence-corrected chi connectivity index (χ1v) is 9.91. The summed E-state index contributed by atoms with van der Waals surface area (Å²) in [6, 6.07) is 3.72. The maximum Gasteiger partial charge on any atom is 0.337 e. The van der Waals surface area contributed by atoms with Crippen LogP contribution in [-0.4, -0.2) is 46.8 Å². The number of hydrogen-bond acceptors (Lipinski definition) is 7. The zero-order chi connectivity index (χ0) is 21.1. The summed E-state index contributed by atoms with van der Waals surface area (Å²) in [5.41, 5.74) is 1.50. The largest absolute Gasteiger partial charge is 0.496 e. The molecule has 0 saturated carbocycles. The predicted octanol–water partition coefficient (Wildman–Crippen LogP) is 3.66. The van der Waals surface area contributed by atoms with Crippen molar-refractivity contribution in [1.82, 2.24) is 0 Å². The second-order valence-electron chi connectivity index (χ2n) is 7.53. The molecule has 0 aromatic heterocycles. The van der Waals surface area contributed by atoms with Crippen LogP contribution < -0.4 is 14.2 Å². The fourth-order valence-electron chi connectivity index (χ4n) is 4.29. The van der Waals surface area contributed by atoms with Crippen molar-refractivity contribution in [3.63, 3.8) is 0 Å². The Bertz CT molecular complexity index is 784. The average Bonchev–Trinajstić information content (AvgIpc) is 3.10. The summed E-state index contributed by atoms with van der Waals surface area (Å²) in [6.07, 6.45) is 0.0797. The van der Waals surface area contributed by atoms with Crippen molar-refractivity contribution in [3.05, 3.63) is 29.0 Å². The van der Waals surface area contributed by atoms with E-state index in [1.54, 1.807) is 28.3 Å². The molecule has 0 N–H and O–H groups in total. The smallest absolute Gasteiger partial charge is 0.337 e. The molecule has 1 aliphatic carbocycles. The van der Waals surface area contributed by atoms with Crippen LogP contribution in [-0.2, 0) is 19.0 Å². The Morgan fingerprint density at radius 1 is 1.21 bits per heavy atom. The SMILES string of the molecule is CCOC(=O)C1=C(OCOC)[C@@H]2Oc3cc(OC)cc(OC)c3[C@@H]2[C@@H](C(C)C)C1. The first kappa shape index (κ1) is 21.3. The summed E-state index contributed by atoms with van der Waals surface area (Å²) in [7, 11) is 4.78. The van der Waals surface area contributed by atoms with Crippen LogP contribution in [0.25, 0.3) is 0 Å². The fourth-order valence-corrected chi connectivity index (χ4v) is 4.29.